The molecule has 2 rings (SSSR count). The van der Waals surface area contributed by atoms with Crippen LogP contribution >= 0.6 is 0 Å². The number of benzene rings is 1. The van der Waals surface area contributed by atoms with E-state index in [4.69, 9.17) is 0 Å². The first-order valence-electron chi connectivity index (χ1n) is 6.67. The minimum Gasteiger partial charge on any atom is -0.316 e. The number of hydrogen-bond acceptors (Lipinski definition) is 3. The molecule has 1 aromatic rings. The monoisotopic (exact) mass is 322 g/mol. The van der Waals surface area contributed by atoms with Gasteiger partial charge in [-0.25, -0.2) is 13.1 Å². The molecule has 1 fully saturated rings. The molecule has 0 aliphatic carbocycles. The van der Waals surface area contributed by atoms with E-state index in [1.807, 2.05) is 0 Å². The van der Waals surface area contributed by atoms with E-state index in [1.165, 1.54) is 0 Å². The fourth-order valence-electron chi connectivity index (χ4n) is 2.23. The zero-order valence-corrected chi connectivity index (χ0v) is 12.1. The Morgan fingerprint density at radius 1 is 1.24 bits per heavy atom. The number of alkyl halides is 3. The quantitative estimate of drug-likeness (QED) is 0.891. The van der Waals surface area contributed by atoms with E-state index in [9.17, 15) is 21.6 Å². The Labute approximate surface area is 121 Å². The molecule has 1 atom stereocenters. The van der Waals surface area contributed by atoms with Crippen molar-refractivity contribution in [1.82, 2.24) is 10.0 Å². The molecule has 0 spiro atoms. The number of rotatable bonds is 4. The Morgan fingerprint density at radius 2 is 1.90 bits per heavy atom. The minimum absolute atomic E-state index is 0.153. The van der Waals surface area contributed by atoms with Crippen molar-refractivity contribution >= 4 is 10.0 Å². The fraction of sp³-hybridized carbons (Fsp3) is 0.538. The van der Waals surface area contributed by atoms with Crippen molar-refractivity contribution in [3.05, 3.63) is 29.8 Å². The standard InChI is InChI=1S/C13H17F3N2O2S/c14-13(15,16)11-3-5-12(6-4-11)21(19,20)18-9-10-2-1-7-17-8-10/h3-6,10,17-18H,1-2,7-9H2. The van der Waals surface area contributed by atoms with Gasteiger partial charge in [0.15, 0.2) is 0 Å². The van der Waals surface area contributed by atoms with Crippen LogP contribution in [0.15, 0.2) is 29.2 Å². The second-order valence-electron chi connectivity index (χ2n) is 5.09. The molecule has 8 heteroatoms. The van der Waals surface area contributed by atoms with Crippen molar-refractivity contribution in [2.45, 2.75) is 23.9 Å². The van der Waals surface area contributed by atoms with Gasteiger partial charge in [-0.15, -0.1) is 0 Å². The number of halogens is 3. The van der Waals surface area contributed by atoms with Crippen LogP contribution < -0.4 is 10.0 Å². The van der Waals surface area contributed by atoms with Crippen LogP contribution in [0.1, 0.15) is 18.4 Å². The summed E-state index contributed by atoms with van der Waals surface area (Å²) in [5.41, 5.74) is -0.863. The number of hydrogen-bond donors (Lipinski definition) is 2. The minimum atomic E-state index is -4.47. The van der Waals surface area contributed by atoms with Gasteiger partial charge in [0, 0.05) is 6.54 Å². The maximum Gasteiger partial charge on any atom is 0.416 e. The van der Waals surface area contributed by atoms with Crippen molar-refractivity contribution in [3.8, 4) is 0 Å². The summed E-state index contributed by atoms with van der Waals surface area (Å²) in [6, 6.07) is 3.50. The van der Waals surface area contributed by atoms with E-state index in [0.717, 1.165) is 50.2 Å². The highest BCUT2D eigenvalue weighted by atomic mass is 32.2. The summed E-state index contributed by atoms with van der Waals surface area (Å²) in [7, 11) is -3.77. The molecule has 1 aliphatic heterocycles. The zero-order valence-electron chi connectivity index (χ0n) is 11.3. The molecule has 21 heavy (non-hydrogen) atoms. The van der Waals surface area contributed by atoms with Gasteiger partial charge in [-0.1, -0.05) is 0 Å². The normalized spacial score (nSPS) is 20.4. The third kappa shape index (κ3) is 4.42. The predicted molar refractivity (Wildman–Crippen MR) is 72.2 cm³/mol. The lowest BCUT2D eigenvalue weighted by Gasteiger charge is -2.22. The lowest BCUT2D eigenvalue weighted by Crippen LogP contribution is -2.38. The van der Waals surface area contributed by atoms with E-state index in [0.29, 0.717) is 0 Å². The smallest absolute Gasteiger partial charge is 0.316 e. The lowest BCUT2D eigenvalue weighted by molar-refractivity contribution is -0.137. The molecular weight excluding hydrogens is 305 g/mol. The summed E-state index contributed by atoms with van der Waals surface area (Å²) in [5, 5.41) is 3.18. The highest BCUT2D eigenvalue weighted by Crippen LogP contribution is 2.29. The highest BCUT2D eigenvalue weighted by Gasteiger charge is 2.30. The van der Waals surface area contributed by atoms with E-state index < -0.39 is 21.8 Å². The molecule has 1 aliphatic rings. The Balaban J connectivity index is 2.01. The Morgan fingerprint density at radius 3 is 2.43 bits per heavy atom. The zero-order chi connectivity index (χ0) is 15.5. The second-order valence-corrected chi connectivity index (χ2v) is 6.85. The van der Waals surface area contributed by atoms with E-state index in [2.05, 4.69) is 10.0 Å². The van der Waals surface area contributed by atoms with Crippen LogP contribution in [0.5, 0.6) is 0 Å². The first kappa shape index (κ1) is 16.3. The SMILES string of the molecule is O=S(=O)(NCC1CCCNC1)c1ccc(C(F)(F)F)cc1. The molecular formula is C13H17F3N2O2S. The number of nitrogens with one attached hydrogen (secondary N) is 2. The fourth-order valence-corrected chi connectivity index (χ4v) is 3.35. The summed E-state index contributed by atoms with van der Waals surface area (Å²) in [6.45, 7) is 1.97. The van der Waals surface area contributed by atoms with Crippen molar-refractivity contribution in [2.75, 3.05) is 19.6 Å². The average Bonchev–Trinajstić information content (AvgIpc) is 2.46. The molecule has 2 N–H and O–H groups in total. The summed E-state index contributed by atoms with van der Waals surface area (Å²) in [5.74, 6) is 0.211. The lowest BCUT2D eigenvalue weighted by atomic mass is 10.0. The van der Waals surface area contributed by atoms with Gasteiger partial charge < -0.3 is 5.32 Å². The average molecular weight is 322 g/mol. The summed E-state index contributed by atoms with van der Waals surface area (Å²) in [4.78, 5) is -0.153. The van der Waals surface area contributed by atoms with Crippen molar-refractivity contribution in [3.63, 3.8) is 0 Å². The molecule has 0 bridgehead atoms. The molecule has 0 radical (unpaired) electrons. The topological polar surface area (TPSA) is 58.2 Å². The van der Waals surface area contributed by atoms with Gasteiger partial charge in [-0.2, -0.15) is 13.2 Å². The Kier molecular flexibility index (Phi) is 4.90. The van der Waals surface area contributed by atoms with E-state index >= 15 is 0 Å². The third-order valence-electron chi connectivity index (χ3n) is 3.45. The summed E-state index contributed by atoms with van der Waals surface area (Å²) in [6.07, 6.45) is -2.54. The van der Waals surface area contributed by atoms with Crippen LogP contribution in [0.25, 0.3) is 0 Å². The van der Waals surface area contributed by atoms with Crippen LogP contribution in [0.3, 0.4) is 0 Å². The van der Waals surface area contributed by atoms with Gasteiger partial charge in [-0.3, -0.25) is 0 Å². The van der Waals surface area contributed by atoms with Gasteiger partial charge >= 0.3 is 6.18 Å². The third-order valence-corrected chi connectivity index (χ3v) is 4.89. The Bertz CT molecular complexity index is 564. The summed E-state index contributed by atoms with van der Waals surface area (Å²) < 4.78 is 63.8. The molecule has 0 aromatic heterocycles. The van der Waals surface area contributed by atoms with Crippen molar-refractivity contribution < 1.29 is 21.6 Å². The number of piperidine rings is 1. The highest BCUT2D eigenvalue weighted by molar-refractivity contribution is 7.89. The first-order chi connectivity index (χ1) is 9.79. The molecule has 1 aromatic carbocycles. The Hall–Kier alpha value is -1.12. The van der Waals surface area contributed by atoms with Crippen LogP contribution in [0.2, 0.25) is 0 Å². The van der Waals surface area contributed by atoms with E-state index in [-0.39, 0.29) is 17.4 Å². The van der Waals surface area contributed by atoms with Crippen LogP contribution in [-0.4, -0.2) is 28.1 Å². The second kappa shape index (κ2) is 6.33. The summed E-state index contributed by atoms with van der Waals surface area (Å²) >= 11 is 0. The van der Waals surface area contributed by atoms with E-state index in [1.54, 1.807) is 0 Å². The van der Waals surface area contributed by atoms with Gasteiger partial charge in [0.2, 0.25) is 10.0 Å². The van der Waals surface area contributed by atoms with Crippen LogP contribution in [0.4, 0.5) is 13.2 Å². The van der Waals surface area contributed by atoms with Crippen LogP contribution in [-0.2, 0) is 16.2 Å². The van der Waals surface area contributed by atoms with Gasteiger partial charge in [0.25, 0.3) is 0 Å². The van der Waals surface area contributed by atoms with Gasteiger partial charge in [0.05, 0.1) is 10.5 Å². The molecule has 1 saturated heterocycles. The van der Waals surface area contributed by atoms with Gasteiger partial charge in [0.1, 0.15) is 0 Å². The molecule has 4 nitrogen and oxygen atoms in total. The maximum absolute atomic E-state index is 12.4. The molecule has 0 amide bonds. The number of sulfonamides is 1. The van der Waals surface area contributed by atoms with Crippen LogP contribution in [0, 0.1) is 5.92 Å². The maximum atomic E-state index is 12.4. The molecule has 0 saturated carbocycles. The van der Waals surface area contributed by atoms with Crippen molar-refractivity contribution in [2.24, 2.45) is 5.92 Å². The molecule has 1 unspecified atom stereocenters. The first-order valence-corrected chi connectivity index (χ1v) is 8.15. The molecule has 1 heterocycles. The largest absolute Gasteiger partial charge is 0.416 e. The predicted octanol–water partition coefficient (Wildman–Crippen LogP) is 1.98. The van der Waals surface area contributed by atoms with Gasteiger partial charge in [-0.05, 0) is 56.1 Å². The van der Waals surface area contributed by atoms with Crippen molar-refractivity contribution in [1.29, 1.82) is 0 Å². The molecule has 118 valence electrons.